The second-order valence-corrected chi connectivity index (χ2v) is 5.12. The number of hydrogen-bond acceptors (Lipinski definition) is 3. The first-order valence-corrected chi connectivity index (χ1v) is 6.76. The Morgan fingerprint density at radius 1 is 1.38 bits per heavy atom. The van der Waals surface area contributed by atoms with Crippen molar-refractivity contribution in [3.63, 3.8) is 0 Å². The van der Waals surface area contributed by atoms with Crippen molar-refractivity contribution in [3.8, 4) is 11.8 Å². The van der Waals surface area contributed by atoms with E-state index in [0.29, 0.717) is 13.0 Å². The summed E-state index contributed by atoms with van der Waals surface area (Å²) in [6, 6.07) is 9.40. The lowest BCUT2D eigenvalue weighted by atomic mass is 10.0. The Morgan fingerprint density at radius 3 is 2.76 bits per heavy atom. The molecule has 1 aromatic carbocycles. The Bertz CT molecular complexity index is 587. The Labute approximate surface area is 123 Å². The molecule has 1 aliphatic heterocycles. The van der Waals surface area contributed by atoms with Crippen molar-refractivity contribution in [1.29, 1.82) is 0 Å². The van der Waals surface area contributed by atoms with E-state index in [1.165, 1.54) is 4.90 Å². The minimum absolute atomic E-state index is 0.193. The summed E-state index contributed by atoms with van der Waals surface area (Å²) >= 11 is 0. The van der Waals surface area contributed by atoms with Gasteiger partial charge in [0.2, 0.25) is 0 Å². The van der Waals surface area contributed by atoms with Crippen molar-refractivity contribution in [2.75, 3.05) is 6.54 Å². The lowest BCUT2D eigenvalue weighted by molar-refractivity contribution is -0.130. The van der Waals surface area contributed by atoms with Crippen molar-refractivity contribution in [2.24, 2.45) is 0 Å². The summed E-state index contributed by atoms with van der Waals surface area (Å²) in [5, 5.41) is 8.66. The van der Waals surface area contributed by atoms with Gasteiger partial charge < -0.3 is 9.84 Å². The molecule has 5 nitrogen and oxygen atoms in total. The molecule has 21 heavy (non-hydrogen) atoms. The molecule has 1 heterocycles. The number of likely N-dealkylation sites (tertiary alicyclic amines) is 1. The van der Waals surface area contributed by atoms with E-state index in [0.717, 1.165) is 12.0 Å². The van der Waals surface area contributed by atoms with Crippen molar-refractivity contribution in [2.45, 2.75) is 31.9 Å². The van der Waals surface area contributed by atoms with Crippen molar-refractivity contribution in [1.82, 2.24) is 4.90 Å². The molecule has 1 aliphatic rings. The van der Waals surface area contributed by atoms with Gasteiger partial charge in [0.25, 0.3) is 0 Å². The molecular formula is C16H17NO4. The van der Waals surface area contributed by atoms with Gasteiger partial charge in [0.05, 0.1) is 0 Å². The maximum Gasteiger partial charge on any atom is 0.411 e. The molecule has 0 bridgehead atoms. The third-order valence-corrected chi connectivity index (χ3v) is 3.51. The number of benzene rings is 1. The molecule has 0 aromatic heterocycles. The molecule has 1 amide bonds. The largest absolute Gasteiger partial charge is 0.472 e. The number of ether oxygens (including phenoxy) is 1. The van der Waals surface area contributed by atoms with Crippen LogP contribution in [0.1, 0.15) is 25.3 Å². The van der Waals surface area contributed by atoms with Gasteiger partial charge in [-0.05, 0) is 25.3 Å². The molecule has 5 heteroatoms. The quantitative estimate of drug-likeness (QED) is 0.847. The van der Waals surface area contributed by atoms with E-state index in [1.54, 1.807) is 6.92 Å². The summed E-state index contributed by atoms with van der Waals surface area (Å²) in [6.45, 7) is 2.48. The molecule has 0 radical (unpaired) electrons. The molecule has 1 N–H and O–H groups in total. The predicted octanol–water partition coefficient (Wildman–Crippen LogP) is 2.27. The SMILES string of the molecule is C[C@]1(C#CC(=O)O)CCCN1C(=O)OCc1ccccc1. The lowest BCUT2D eigenvalue weighted by Crippen LogP contribution is -2.44. The molecule has 1 aromatic rings. The highest BCUT2D eigenvalue weighted by atomic mass is 16.6. The summed E-state index contributed by atoms with van der Waals surface area (Å²) < 4.78 is 5.29. The van der Waals surface area contributed by atoms with Gasteiger partial charge in [-0.15, -0.1) is 0 Å². The zero-order valence-corrected chi connectivity index (χ0v) is 11.8. The Morgan fingerprint density at radius 2 is 2.10 bits per heavy atom. The second kappa shape index (κ2) is 6.31. The van der Waals surface area contributed by atoms with Gasteiger partial charge in [0.15, 0.2) is 0 Å². The number of nitrogens with zero attached hydrogens (tertiary/aromatic N) is 1. The zero-order chi connectivity index (χ0) is 15.3. The van der Waals surface area contributed by atoms with Crippen LogP contribution < -0.4 is 0 Å². The van der Waals surface area contributed by atoms with Crippen LogP contribution in [0.15, 0.2) is 30.3 Å². The van der Waals surface area contributed by atoms with Gasteiger partial charge in [-0.1, -0.05) is 36.3 Å². The Hall–Kier alpha value is -2.48. The Kier molecular flexibility index (Phi) is 4.49. The van der Waals surface area contributed by atoms with Gasteiger partial charge in [-0.2, -0.15) is 0 Å². The van der Waals surface area contributed by atoms with Crippen LogP contribution in [-0.4, -0.2) is 34.2 Å². The highest BCUT2D eigenvalue weighted by Crippen LogP contribution is 2.29. The highest BCUT2D eigenvalue weighted by molar-refractivity contribution is 5.87. The first kappa shape index (κ1) is 14.9. The first-order chi connectivity index (χ1) is 10.0. The van der Waals surface area contributed by atoms with Crippen LogP contribution in [0, 0.1) is 11.8 Å². The molecule has 0 saturated carbocycles. The van der Waals surface area contributed by atoms with Crippen LogP contribution in [0.3, 0.4) is 0 Å². The lowest BCUT2D eigenvalue weighted by Gasteiger charge is -2.29. The highest BCUT2D eigenvalue weighted by Gasteiger charge is 2.39. The number of carbonyl (C=O) groups excluding carboxylic acids is 1. The maximum atomic E-state index is 12.2. The van der Waals surface area contributed by atoms with E-state index < -0.39 is 17.6 Å². The molecule has 0 aliphatic carbocycles. The molecule has 1 fully saturated rings. The smallest absolute Gasteiger partial charge is 0.411 e. The van der Waals surface area contributed by atoms with Crippen molar-refractivity contribution >= 4 is 12.1 Å². The fourth-order valence-corrected chi connectivity index (χ4v) is 2.37. The van der Waals surface area contributed by atoms with Crippen LogP contribution in [0.2, 0.25) is 0 Å². The molecule has 1 atom stereocenters. The first-order valence-electron chi connectivity index (χ1n) is 6.76. The number of carboxylic acid groups (broad SMARTS) is 1. The normalized spacial score (nSPS) is 20.5. The standard InChI is InChI=1S/C16H17NO4/c1-16(10-8-14(18)19)9-5-11-17(16)15(20)21-12-13-6-3-2-4-7-13/h2-4,6-7H,5,9,11-12H2,1H3,(H,18,19)/t16-/m1/s1. The van der Waals surface area contributed by atoms with E-state index in [4.69, 9.17) is 9.84 Å². The summed E-state index contributed by atoms with van der Waals surface area (Å²) in [6.07, 6.45) is 0.970. The van der Waals surface area contributed by atoms with Crippen LogP contribution in [0.5, 0.6) is 0 Å². The summed E-state index contributed by atoms with van der Waals surface area (Å²) in [5.41, 5.74) is 0.134. The summed E-state index contributed by atoms with van der Waals surface area (Å²) in [7, 11) is 0. The average Bonchev–Trinajstić information content (AvgIpc) is 2.86. The summed E-state index contributed by atoms with van der Waals surface area (Å²) in [5.74, 6) is 3.57. The van der Waals surface area contributed by atoms with E-state index >= 15 is 0 Å². The monoisotopic (exact) mass is 287 g/mol. The number of aliphatic carboxylic acids is 1. The minimum Gasteiger partial charge on any atom is -0.472 e. The fourth-order valence-electron chi connectivity index (χ4n) is 2.37. The zero-order valence-electron chi connectivity index (χ0n) is 11.8. The number of carboxylic acids is 1. The predicted molar refractivity (Wildman–Crippen MR) is 76.4 cm³/mol. The Balaban J connectivity index is 2.01. The van der Waals surface area contributed by atoms with E-state index in [-0.39, 0.29) is 6.61 Å². The van der Waals surface area contributed by atoms with Crippen LogP contribution in [0.25, 0.3) is 0 Å². The van der Waals surface area contributed by atoms with Gasteiger partial charge in [-0.25, -0.2) is 9.59 Å². The average molecular weight is 287 g/mol. The summed E-state index contributed by atoms with van der Waals surface area (Å²) in [4.78, 5) is 24.3. The van der Waals surface area contributed by atoms with Crippen LogP contribution in [0.4, 0.5) is 4.79 Å². The minimum atomic E-state index is -1.19. The molecule has 110 valence electrons. The van der Waals surface area contributed by atoms with Gasteiger partial charge in [-0.3, -0.25) is 4.90 Å². The van der Waals surface area contributed by atoms with Crippen LogP contribution in [-0.2, 0) is 16.1 Å². The molecule has 2 rings (SSSR count). The topological polar surface area (TPSA) is 66.8 Å². The maximum absolute atomic E-state index is 12.2. The molecule has 0 spiro atoms. The van der Waals surface area contributed by atoms with Crippen LogP contribution >= 0.6 is 0 Å². The third kappa shape index (κ3) is 3.76. The number of hydrogen-bond donors (Lipinski definition) is 1. The molecular weight excluding hydrogens is 270 g/mol. The number of rotatable bonds is 2. The second-order valence-electron chi connectivity index (χ2n) is 5.12. The van der Waals surface area contributed by atoms with E-state index in [2.05, 4.69) is 11.8 Å². The van der Waals surface area contributed by atoms with Gasteiger partial charge >= 0.3 is 12.1 Å². The fraction of sp³-hybridized carbons (Fsp3) is 0.375. The van der Waals surface area contributed by atoms with E-state index in [9.17, 15) is 9.59 Å². The van der Waals surface area contributed by atoms with E-state index in [1.807, 2.05) is 30.3 Å². The van der Waals surface area contributed by atoms with Crippen molar-refractivity contribution in [3.05, 3.63) is 35.9 Å². The number of amides is 1. The van der Waals surface area contributed by atoms with Gasteiger partial charge in [0.1, 0.15) is 12.1 Å². The molecule has 0 unspecified atom stereocenters. The van der Waals surface area contributed by atoms with Crippen molar-refractivity contribution < 1.29 is 19.4 Å². The number of carbonyl (C=O) groups is 2. The molecule has 1 saturated heterocycles. The third-order valence-electron chi connectivity index (χ3n) is 3.51. The van der Waals surface area contributed by atoms with Gasteiger partial charge in [0, 0.05) is 12.5 Å².